The van der Waals surface area contributed by atoms with E-state index < -0.39 is 23.3 Å². The summed E-state index contributed by atoms with van der Waals surface area (Å²) in [5.74, 6) is -1.18. The molecule has 0 bridgehead atoms. The zero-order chi connectivity index (χ0) is 13.2. The number of hydrogen-bond acceptors (Lipinski definition) is 2. The van der Waals surface area contributed by atoms with Crippen molar-refractivity contribution < 1.29 is 13.5 Å². The highest BCUT2D eigenvalue weighted by molar-refractivity contribution is 5.26. The normalized spacial score (nSPS) is 20.0. The zero-order valence-corrected chi connectivity index (χ0v) is 10.6. The minimum Gasteiger partial charge on any atom is -0.373 e. The molecular formula is C14H19F2NO. The summed E-state index contributed by atoms with van der Waals surface area (Å²) in [6.07, 6.45) is 3.50. The topological polar surface area (TPSA) is 35.2 Å². The van der Waals surface area contributed by atoms with Crippen molar-refractivity contribution in [2.24, 2.45) is 5.73 Å². The van der Waals surface area contributed by atoms with Gasteiger partial charge in [-0.1, -0.05) is 18.9 Å². The molecule has 1 aliphatic carbocycles. The Morgan fingerprint density at radius 3 is 2.33 bits per heavy atom. The quantitative estimate of drug-likeness (QED) is 0.895. The van der Waals surface area contributed by atoms with E-state index in [0.29, 0.717) is 6.61 Å². The third-order valence-corrected chi connectivity index (χ3v) is 3.76. The largest absolute Gasteiger partial charge is 0.373 e. The molecule has 0 spiro atoms. The Bertz CT molecular complexity index is 396. The van der Waals surface area contributed by atoms with Gasteiger partial charge in [-0.15, -0.1) is 0 Å². The molecule has 1 aromatic rings. The summed E-state index contributed by atoms with van der Waals surface area (Å²) in [4.78, 5) is 0. The second-order valence-corrected chi connectivity index (χ2v) is 4.82. The van der Waals surface area contributed by atoms with Crippen molar-refractivity contribution in [3.8, 4) is 0 Å². The molecule has 0 aliphatic heterocycles. The molecule has 1 fully saturated rings. The van der Waals surface area contributed by atoms with Crippen molar-refractivity contribution in [2.45, 2.75) is 44.2 Å². The summed E-state index contributed by atoms with van der Waals surface area (Å²) in [5.41, 5.74) is 5.46. The molecule has 2 rings (SSSR count). The molecule has 4 heteroatoms. The molecule has 1 unspecified atom stereocenters. The average molecular weight is 255 g/mol. The first-order valence-corrected chi connectivity index (χ1v) is 6.44. The van der Waals surface area contributed by atoms with Crippen LogP contribution in [0.15, 0.2) is 18.2 Å². The van der Waals surface area contributed by atoms with E-state index in [1.54, 1.807) is 0 Å². The second-order valence-electron chi connectivity index (χ2n) is 4.82. The first kappa shape index (κ1) is 13.4. The molecular weight excluding hydrogens is 236 g/mol. The lowest BCUT2D eigenvalue weighted by atomic mass is 9.87. The summed E-state index contributed by atoms with van der Waals surface area (Å²) >= 11 is 0. The van der Waals surface area contributed by atoms with Crippen LogP contribution in [0.3, 0.4) is 0 Å². The smallest absolute Gasteiger partial charge is 0.131 e. The van der Waals surface area contributed by atoms with Crippen molar-refractivity contribution in [1.82, 2.24) is 0 Å². The molecule has 1 saturated carbocycles. The van der Waals surface area contributed by atoms with Crippen LogP contribution in [0.5, 0.6) is 0 Å². The summed E-state index contributed by atoms with van der Waals surface area (Å²) < 4.78 is 33.3. The van der Waals surface area contributed by atoms with Crippen LogP contribution in [-0.4, -0.2) is 12.2 Å². The molecule has 18 heavy (non-hydrogen) atoms. The molecule has 2 nitrogen and oxygen atoms in total. The van der Waals surface area contributed by atoms with E-state index in [4.69, 9.17) is 10.5 Å². The number of ether oxygens (including phenoxy) is 1. The first-order chi connectivity index (χ1) is 8.60. The van der Waals surface area contributed by atoms with Gasteiger partial charge in [0, 0.05) is 12.2 Å². The molecule has 0 aromatic heterocycles. The van der Waals surface area contributed by atoms with Gasteiger partial charge in [0.05, 0.1) is 11.6 Å². The summed E-state index contributed by atoms with van der Waals surface area (Å²) in [7, 11) is 0. The van der Waals surface area contributed by atoms with Gasteiger partial charge in [0.15, 0.2) is 0 Å². The van der Waals surface area contributed by atoms with Gasteiger partial charge in [-0.2, -0.15) is 0 Å². The van der Waals surface area contributed by atoms with Crippen molar-refractivity contribution in [3.05, 3.63) is 35.4 Å². The lowest BCUT2D eigenvalue weighted by Crippen LogP contribution is -2.42. The van der Waals surface area contributed by atoms with Gasteiger partial charge in [-0.25, -0.2) is 8.78 Å². The predicted octanol–water partition coefficient (Wildman–Crippen LogP) is 3.31. The Morgan fingerprint density at radius 2 is 1.83 bits per heavy atom. The van der Waals surface area contributed by atoms with E-state index in [2.05, 4.69) is 0 Å². The van der Waals surface area contributed by atoms with Gasteiger partial charge >= 0.3 is 0 Å². The highest BCUT2D eigenvalue weighted by atomic mass is 19.1. The van der Waals surface area contributed by atoms with Gasteiger partial charge in [0.2, 0.25) is 0 Å². The van der Waals surface area contributed by atoms with Gasteiger partial charge in [0.1, 0.15) is 11.6 Å². The van der Waals surface area contributed by atoms with Gasteiger partial charge < -0.3 is 10.5 Å². The highest BCUT2D eigenvalue weighted by Crippen LogP contribution is 2.42. The maximum atomic E-state index is 13.8. The fourth-order valence-corrected chi connectivity index (χ4v) is 2.88. The Labute approximate surface area is 106 Å². The Morgan fingerprint density at radius 1 is 1.28 bits per heavy atom. The van der Waals surface area contributed by atoms with E-state index in [1.165, 1.54) is 18.2 Å². The molecule has 1 aliphatic rings. The number of hydrogen-bond donors (Lipinski definition) is 1. The summed E-state index contributed by atoms with van der Waals surface area (Å²) in [6.45, 7) is 2.38. The fourth-order valence-electron chi connectivity index (χ4n) is 2.88. The number of rotatable bonds is 4. The summed E-state index contributed by atoms with van der Waals surface area (Å²) in [5, 5.41) is 0. The Hall–Kier alpha value is -1.00. The summed E-state index contributed by atoms with van der Waals surface area (Å²) in [6, 6.07) is 3.09. The third kappa shape index (κ3) is 2.27. The van der Waals surface area contributed by atoms with Crippen LogP contribution in [0.1, 0.15) is 44.2 Å². The molecule has 0 amide bonds. The molecule has 1 atom stereocenters. The van der Waals surface area contributed by atoms with Crippen molar-refractivity contribution in [3.63, 3.8) is 0 Å². The van der Waals surface area contributed by atoms with Gasteiger partial charge in [0.25, 0.3) is 0 Å². The van der Waals surface area contributed by atoms with E-state index in [1.807, 2.05) is 6.92 Å². The van der Waals surface area contributed by atoms with Crippen LogP contribution in [-0.2, 0) is 4.74 Å². The first-order valence-electron chi connectivity index (χ1n) is 6.44. The average Bonchev–Trinajstić information content (AvgIpc) is 2.79. The Balaban J connectivity index is 2.36. The minimum atomic E-state index is -0.749. The lowest BCUT2D eigenvalue weighted by Gasteiger charge is -2.35. The SMILES string of the molecule is CCOC1(C(N)c2c(F)cccc2F)CCCC1. The van der Waals surface area contributed by atoms with Crippen LogP contribution in [0.2, 0.25) is 0 Å². The molecule has 0 heterocycles. The monoisotopic (exact) mass is 255 g/mol. The van der Waals surface area contributed by atoms with Crippen molar-refractivity contribution in [1.29, 1.82) is 0 Å². The fraction of sp³-hybridized carbons (Fsp3) is 0.571. The van der Waals surface area contributed by atoms with Crippen LogP contribution in [0.25, 0.3) is 0 Å². The molecule has 100 valence electrons. The minimum absolute atomic E-state index is 0.0483. The number of nitrogens with two attached hydrogens (primary N) is 1. The van der Waals surface area contributed by atoms with Crippen molar-refractivity contribution >= 4 is 0 Å². The predicted molar refractivity (Wildman–Crippen MR) is 66.1 cm³/mol. The van der Waals surface area contributed by atoms with Crippen molar-refractivity contribution in [2.75, 3.05) is 6.61 Å². The molecule has 2 N–H and O–H groups in total. The number of halogens is 2. The maximum absolute atomic E-state index is 13.8. The van der Waals surface area contributed by atoms with Gasteiger partial charge in [-0.3, -0.25) is 0 Å². The molecule has 1 aromatic carbocycles. The maximum Gasteiger partial charge on any atom is 0.131 e. The van der Waals surface area contributed by atoms with Crippen LogP contribution >= 0.6 is 0 Å². The third-order valence-electron chi connectivity index (χ3n) is 3.76. The standard InChI is InChI=1S/C14H19F2NO/c1-2-18-14(8-3-4-9-14)13(17)12-10(15)6-5-7-11(12)16/h5-7,13H,2-4,8-9,17H2,1H3. The number of benzene rings is 1. The molecule has 0 radical (unpaired) electrons. The zero-order valence-electron chi connectivity index (χ0n) is 10.6. The van der Waals surface area contributed by atoms with E-state index in [0.717, 1.165) is 25.7 Å². The van der Waals surface area contributed by atoms with Gasteiger partial charge in [-0.05, 0) is 31.9 Å². The van der Waals surface area contributed by atoms with Crippen LogP contribution < -0.4 is 5.73 Å². The van der Waals surface area contributed by atoms with Crippen LogP contribution in [0.4, 0.5) is 8.78 Å². The van der Waals surface area contributed by atoms with E-state index in [9.17, 15) is 8.78 Å². The second kappa shape index (κ2) is 5.33. The highest BCUT2D eigenvalue weighted by Gasteiger charge is 2.43. The lowest BCUT2D eigenvalue weighted by molar-refractivity contribution is -0.0550. The molecule has 0 saturated heterocycles. The van der Waals surface area contributed by atoms with E-state index in [-0.39, 0.29) is 5.56 Å². The Kier molecular flexibility index (Phi) is 3.97. The van der Waals surface area contributed by atoms with E-state index >= 15 is 0 Å². The van der Waals surface area contributed by atoms with Crippen LogP contribution in [0, 0.1) is 11.6 Å².